The molecule has 1 saturated heterocycles. The van der Waals surface area contributed by atoms with E-state index in [4.69, 9.17) is 0 Å². The van der Waals surface area contributed by atoms with Gasteiger partial charge in [0.25, 0.3) is 0 Å². The molecule has 5 heteroatoms. The fraction of sp³-hybridized carbons (Fsp3) is 0.414. The Bertz CT molecular complexity index is 1030. The average molecular weight is 462 g/mol. The molecule has 0 bridgehead atoms. The Morgan fingerprint density at radius 3 is 2.41 bits per heavy atom. The zero-order valence-corrected chi connectivity index (χ0v) is 21.3. The van der Waals surface area contributed by atoms with Crippen molar-refractivity contribution in [2.75, 3.05) is 32.6 Å². The van der Waals surface area contributed by atoms with E-state index in [2.05, 4.69) is 56.3 Å². The Morgan fingerprint density at radius 2 is 1.82 bits per heavy atom. The fourth-order valence-corrected chi connectivity index (χ4v) is 4.94. The second kappa shape index (κ2) is 10.9. The first-order valence-corrected chi connectivity index (χ1v) is 11.9. The second-order valence-corrected chi connectivity index (χ2v) is 9.93. The number of likely N-dealkylation sites (N-methyl/N-ethyl adjacent to an activating group) is 1. The zero-order chi connectivity index (χ0) is 25.0. The number of aromatic hydroxyl groups is 1. The van der Waals surface area contributed by atoms with Crippen molar-refractivity contribution in [3.05, 3.63) is 84.0 Å². The van der Waals surface area contributed by atoms with Gasteiger partial charge in [-0.1, -0.05) is 54.1 Å². The third kappa shape index (κ3) is 5.89. The number of anilines is 1. The predicted molar refractivity (Wildman–Crippen MR) is 141 cm³/mol. The highest BCUT2D eigenvalue weighted by Crippen LogP contribution is 2.34. The lowest BCUT2D eigenvalue weighted by Gasteiger charge is -2.36. The van der Waals surface area contributed by atoms with Gasteiger partial charge in [-0.2, -0.15) is 0 Å². The highest BCUT2D eigenvalue weighted by Gasteiger charge is 2.43. The molecule has 1 heterocycles. The maximum atomic E-state index is 13.2. The third-order valence-corrected chi connectivity index (χ3v) is 6.80. The molecule has 1 amide bonds. The zero-order valence-electron chi connectivity index (χ0n) is 21.3. The number of hydrogen-bond donors (Lipinski definition) is 1. The van der Waals surface area contributed by atoms with E-state index in [-0.39, 0.29) is 29.7 Å². The van der Waals surface area contributed by atoms with Gasteiger partial charge in [0.05, 0.1) is 17.8 Å². The van der Waals surface area contributed by atoms with Crippen molar-refractivity contribution < 1.29 is 9.90 Å². The topological polar surface area (TPSA) is 47.0 Å². The van der Waals surface area contributed by atoms with Gasteiger partial charge in [0, 0.05) is 39.5 Å². The minimum atomic E-state index is -0.0630. The van der Waals surface area contributed by atoms with Crippen LogP contribution >= 0.6 is 0 Å². The van der Waals surface area contributed by atoms with Gasteiger partial charge in [-0.15, -0.1) is 6.58 Å². The van der Waals surface area contributed by atoms with E-state index in [0.717, 1.165) is 36.3 Å². The van der Waals surface area contributed by atoms with Crippen molar-refractivity contribution in [2.45, 2.75) is 45.3 Å². The number of phenolic OH excluding ortho intramolecular Hbond substituents is 1. The van der Waals surface area contributed by atoms with Crippen LogP contribution in [-0.2, 0) is 17.8 Å². The van der Waals surface area contributed by atoms with Crippen molar-refractivity contribution in [1.82, 2.24) is 9.80 Å². The smallest absolute Gasteiger partial charge is 0.224 e. The SMILES string of the molecule is C=C[C@H](Cc1ccc(C)cc1)N1C(=O)CC(C(=C)C)C1CN(C)Cc1ccc(O)c(N(C)C)c1. The molecule has 3 rings (SSSR count). The number of likely N-dealkylation sites (tertiary alicyclic amines) is 1. The lowest BCUT2D eigenvalue weighted by Crippen LogP contribution is -2.48. The first-order valence-electron chi connectivity index (χ1n) is 11.9. The van der Waals surface area contributed by atoms with E-state index >= 15 is 0 Å². The molecule has 0 aromatic heterocycles. The molecule has 2 unspecified atom stereocenters. The first-order chi connectivity index (χ1) is 16.1. The molecule has 3 atom stereocenters. The molecule has 34 heavy (non-hydrogen) atoms. The van der Waals surface area contributed by atoms with Crippen molar-refractivity contribution >= 4 is 11.6 Å². The summed E-state index contributed by atoms with van der Waals surface area (Å²) >= 11 is 0. The van der Waals surface area contributed by atoms with Crippen LogP contribution in [0.4, 0.5) is 5.69 Å². The quantitative estimate of drug-likeness (QED) is 0.517. The average Bonchev–Trinajstić information content (AvgIpc) is 3.10. The molecule has 5 nitrogen and oxygen atoms in total. The maximum absolute atomic E-state index is 13.2. The van der Waals surface area contributed by atoms with Crippen LogP contribution in [0, 0.1) is 12.8 Å². The molecule has 0 radical (unpaired) electrons. The van der Waals surface area contributed by atoms with Gasteiger partial charge in [-0.05, 0) is 50.6 Å². The fourth-order valence-electron chi connectivity index (χ4n) is 4.94. The van der Waals surface area contributed by atoms with E-state index in [1.807, 2.05) is 49.0 Å². The Labute approximate surface area is 205 Å². The summed E-state index contributed by atoms with van der Waals surface area (Å²) in [5, 5.41) is 10.1. The van der Waals surface area contributed by atoms with Crippen molar-refractivity contribution in [3.63, 3.8) is 0 Å². The summed E-state index contributed by atoms with van der Waals surface area (Å²) in [7, 11) is 5.93. The molecule has 0 aliphatic carbocycles. The molecule has 1 aliphatic heterocycles. The molecular weight excluding hydrogens is 422 g/mol. The summed E-state index contributed by atoms with van der Waals surface area (Å²) in [4.78, 5) is 19.4. The maximum Gasteiger partial charge on any atom is 0.224 e. The molecule has 2 aromatic carbocycles. The van der Waals surface area contributed by atoms with Crippen molar-refractivity contribution in [3.8, 4) is 5.75 Å². The van der Waals surface area contributed by atoms with Crippen LogP contribution in [0.2, 0.25) is 0 Å². The number of hydrogen-bond acceptors (Lipinski definition) is 4. The molecule has 2 aromatic rings. The second-order valence-electron chi connectivity index (χ2n) is 9.93. The number of amides is 1. The normalized spacial score (nSPS) is 18.9. The molecule has 0 spiro atoms. The Morgan fingerprint density at radius 1 is 1.18 bits per heavy atom. The molecule has 1 aliphatic rings. The van der Waals surface area contributed by atoms with E-state index in [1.54, 1.807) is 6.07 Å². The van der Waals surface area contributed by atoms with Crippen LogP contribution < -0.4 is 4.90 Å². The number of carbonyl (C=O) groups excluding carboxylic acids is 1. The number of phenols is 1. The van der Waals surface area contributed by atoms with E-state index in [1.165, 1.54) is 11.1 Å². The third-order valence-electron chi connectivity index (χ3n) is 6.80. The predicted octanol–water partition coefficient (Wildman–Crippen LogP) is 4.79. The Kier molecular flexibility index (Phi) is 8.21. The van der Waals surface area contributed by atoms with Crippen LogP contribution in [0.5, 0.6) is 5.75 Å². The van der Waals surface area contributed by atoms with Gasteiger partial charge < -0.3 is 19.8 Å². The highest BCUT2D eigenvalue weighted by molar-refractivity contribution is 5.80. The monoisotopic (exact) mass is 461 g/mol. The van der Waals surface area contributed by atoms with Crippen LogP contribution in [0.15, 0.2) is 67.3 Å². The number of carbonyl (C=O) groups is 1. The minimum Gasteiger partial charge on any atom is -0.506 e. The van der Waals surface area contributed by atoms with Crippen LogP contribution in [-0.4, -0.2) is 60.6 Å². The largest absolute Gasteiger partial charge is 0.506 e. The van der Waals surface area contributed by atoms with Gasteiger partial charge in [0.1, 0.15) is 5.75 Å². The van der Waals surface area contributed by atoms with Crippen LogP contribution in [0.3, 0.4) is 0 Å². The van der Waals surface area contributed by atoms with Crippen LogP contribution in [0.25, 0.3) is 0 Å². The van der Waals surface area contributed by atoms with Crippen molar-refractivity contribution in [1.29, 1.82) is 0 Å². The number of nitrogens with zero attached hydrogens (tertiary/aromatic N) is 3. The summed E-state index contributed by atoms with van der Waals surface area (Å²) in [6.45, 7) is 13.9. The van der Waals surface area contributed by atoms with Crippen molar-refractivity contribution in [2.24, 2.45) is 5.92 Å². The summed E-state index contributed by atoms with van der Waals surface area (Å²) in [5.41, 5.74) is 5.39. The summed E-state index contributed by atoms with van der Waals surface area (Å²) in [5.74, 6) is 0.562. The number of benzene rings is 2. The van der Waals surface area contributed by atoms with E-state index < -0.39 is 0 Å². The number of aryl methyl sites for hydroxylation is 1. The Hall–Kier alpha value is -3.05. The minimum absolute atomic E-state index is 0.0360. The summed E-state index contributed by atoms with van der Waals surface area (Å²) in [6.07, 6.45) is 3.16. The van der Waals surface area contributed by atoms with Gasteiger partial charge in [0.2, 0.25) is 5.91 Å². The molecule has 1 fully saturated rings. The lowest BCUT2D eigenvalue weighted by molar-refractivity contribution is -0.130. The van der Waals surface area contributed by atoms with Gasteiger partial charge in [0.15, 0.2) is 0 Å². The van der Waals surface area contributed by atoms with Crippen LogP contribution in [0.1, 0.15) is 30.0 Å². The number of rotatable bonds is 10. The molecule has 182 valence electrons. The van der Waals surface area contributed by atoms with Gasteiger partial charge in [-0.3, -0.25) is 4.79 Å². The summed E-state index contributed by atoms with van der Waals surface area (Å²) < 4.78 is 0. The van der Waals surface area contributed by atoms with Gasteiger partial charge in [-0.25, -0.2) is 0 Å². The van der Waals surface area contributed by atoms with Gasteiger partial charge >= 0.3 is 0 Å². The molecule has 1 N–H and O–H groups in total. The standard InChI is InChI=1S/C29H39N3O2/c1-8-24(15-22-11-9-21(4)10-12-22)32-27(25(20(2)3)17-29(32)34)19-31(7)18-23-13-14-28(33)26(16-23)30(5)6/h8-14,16,24-25,27,33H,1-2,15,17-19H2,3-7H3/t24-,25?,27?/m1/s1. The van der Waals surface area contributed by atoms with E-state index in [0.29, 0.717) is 6.42 Å². The first kappa shape index (κ1) is 25.6. The van der Waals surface area contributed by atoms with E-state index in [9.17, 15) is 9.90 Å². The lowest BCUT2D eigenvalue weighted by atomic mass is 9.92. The highest BCUT2D eigenvalue weighted by atomic mass is 16.3. The molecular formula is C29H39N3O2. The molecule has 0 saturated carbocycles. The Balaban J connectivity index is 1.81. The summed E-state index contributed by atoms with van der Waals surface area (Å²) in [6, 6.07) is 14.2.